The van der Waals surface area contributed by atoms with Crippen molar-refractivity contribution in [3.8, 4) is 0 Å². The van der Waals surface area contributed by atoms with E-state index >= 15 is 0 Å². The smallest absolute Gasteiger partial charge is 0.314 e. The SMILES string of the molecule is CNC(=O)NCC(O)CNC(=O)NC. The number of amides is 4. The fraction of sp³-hybridized carbons (Fsp3) is 0.714. The Morgan fingerprint density at radius 1 is 1.07 bits per heavy atom. The maximum atomic E-state index is 10.7. The first-order valence-electron chi connectivity index (χ1n) is 4.19. The molecule has 0 aliphatic rings. The molecule has 0 bridgehead atoms. The molecule has 0 rings (SSSR count). The van der Waals surface area contributed by atoms with Gasteiger partial charge in [0.25, 0.3) is 0 Å². The molecule has 7 nitrogen and oxygen atoms in total. The third-order valence-electron chi connectivity index (χ3n) is 1.45. The summed E-state index contributed by atoms with van der Waals surface area (Å²) in [6, 6.07) is -0.743. The van der Waals surface area contributed by atoms with Gasteiger partial charge < -0.3 is 26.4 Å². The van der Waals surface area contributed by atoms with E-state index in [0.717, 1.165) is 0 Å². The van der Waals surface area contributed by atoms with Crippen molar-refractivity contribution >= 4 is 12.1 Å². The number of urea groups is 2. The molecule has 4 amide bonds. The molecule has 0 aliphatic heterocycles. The lowest BCUT2D eigenvalue weighted by molar-refractivity contribution is 0.167. The van der Waals surface area contributed by atoms with Gasteiger partial charge >= 0.3 is 12.1 Å². The van der Waals surface area contributed by atoms with Gasteiger partial charge in [0.1, 0.15) is 0 Å². The lowest BCUT2D eigenvalue weighted by Crippen LogP contribution is -2.44. The molecule has 7 heteroatoms. The zero-order valence-electron chi connectivity index (χ0n) is 8.26. The molecular weight excluding hydrogens is 188 g/mol. The Morgan fingerprint density at radius 2 is 1.43 bits per heavy atom. The molecule has 82 valence electrons. The summed E-state index contributed by atoms with van der Waals surface area (Å²) in [5.41, 5.74) is 0. The molecule has 0 aromatic carbocycles. The second-order valence-electron chi connectivity index (χ2n) is 2.57. The fourth-order valence-electron chi connectivity index (χ4n) is 0.670. The van der Waals surface area contributed by atoms with E-state index < -0.39 is 6.10 Å². The number of rotatable bonds is 4. The minimum atomic E-state index is -0.801. The van der Waals surface area contributed by atoms with Crippen molar-refractivity contribution < 1.29 is 14.7 Å². The summed E-state index contributed by atoms with van der Waals surface area (Å²) in [5.74, 6) is 0. The fourth-order valence-corrected chi connectivity index (χ4v) is 0.670. The highest BCUT2D eigenvalue weighted by Crippen LogP contribution is 1.77. The Balaban J connectivity index is 3.50. The number of nitrogens with one attached hydrogen (secondary N) is 4. The van der Waals surface area contributed by atoms with Gasteiger partial charge in [-0.2, -0.15) is 0 Å². The molecule has 0 fully saturated rings. The summed E-state index contributed by atoms with van der Waals surface area (Å²) < 4.78 is 0. The van der Waals surface area contributed by atoms with Crippen LogP contribution >= 0.6 is 0 Å². The number of aliphatic hydroxyl groups is 1. The van der Waals surface area contributed by atoms with Gasteiger partial charge in [-0.15, -0.1) is 0 Å². The van der Waals surface area contributed by atoms with E-state index in [0.29, 0.717) is 0 Å². The largest absolute Gasteiger partial charge is 0.389 e. The first-order valence-corrected chi connectivity index (χ1v) is 4.19. The Kier molecular flexibility index (Phi) is 6.21. The van der Waals surface area contributed by atoms with Gasteiger partial charge in [-0.25, -0.2) is 9.59 Å². The molecule has 0 spiro atoms. The van der Waals surface area contributed by atoms with E-state index in [1.807, 2.05) is 0 Å². The second-order valence-corrected chi connectivity index (χ2v) is 2.57. The predicted octanol–water partition coefficient (Wildman–Crippen LogP) is -1.79. The molecule has 0 aromatic heterocycles. The first-order chi connectivity index (χ1) is 6.60. The Bertz CT molecular complexity index is 177. The number of aliphatic hydroxyl groups excluding tert-OH is 1. The highest BCUT2D eigenvalue weighted by Gasteiger charge is 2.06. The van der Waals surface area contributed by atoms with Gasteiger partial charge in [0.15, 0.2) is 0 Å². The second kappa shape index (κ2) is 6.96. The molecule has 0 saturated heterocycles. The molecule has 0 radical (unpaired) electrons. The predicted molar refractivity (Wildman–Crippen MR) is 50.9 cm³/mol. The zero-order chi connectivity index (χ0) is 11.0. The Labute approximate surface area is 82.2 Å². The van der Waals surface area contributed by atoms with Crippen LogP contribution in [0.2, 0.25) is 0 Å². The van der Waals surface area contributed by atoms with Crippen LogP contribution in [0.1, 0.15) is 0 Å². The van der Waals surface area contributed by atoms with Crippen LogP contribution in [0.15, 0.2) is 0 Å². The summed E-state index contributed by atoms with van der Waals surface area (Å²) in [6.45, 7) is 0.174. The summed E-state index contributed by atoms with van der Waals surface area (Å²) >= 11 is 0. The van der Waals surface area contributed by atoms with Gasteiger partial charge in [-0.1, -0.05) is 0 Å². The third kappa shape index (κ3) is 6.06. The topological polar surface area (TPSA) is 102 Å². The van der Waals surface area contributed by atoms with Gasteiger partial charge in [0.2, 0.25) is 0 Å². The standard InChI is InChI=1S/C7H16N4O3/c1-8-6(13)10-3-5(12)4-11-7(14)9-2/h5,12H,3-4H2,1-2H3,(H2,8,10,13)(H2,9,11,14). The van der Waals surface area contributed by atoms with Crippen LogP contribution < -0.4 is 21.3 Å². The summed E-state index contributed by atoms with van der Waals surface area (Å²) in [4.78, 5) is 21.4. The van der Waals surface area contributed by atoms with Crippen molar-refractivity contribution in [2.45, 2.75) is 6.10 Å². The number of carbonyl (C=O) groups excluding carboxylic acids is 2. The van der Waals surface area contributed by atoms with E-state index in [4.69, 9.17) is 0 Å². The molecular formula is C7H16N4O3. The molecule has 0 heterocycles. The maximum absolute atomic E-state index is 10.7. The molecule has 0 saturated carbocycles. The van der Waals surface area contributed by atoms with Crippen molar-refractivity contribution in [1.82, 2.24) is 21.3 Å². The van der Waals surface area contributed by atoms with Gasteiger partial charge in [0.05, 0.1) is 6.10 Å². The van der Waals surface area contributed by atoms with E-state index in [1.54, 1.807) is 0 Å². The van der Waals surface area contributed by atoms with Crippen molar-refractivity contribution in [3.05, 3.63) is 0 Å². The number of carbonyl (C=O) groups is 2. The van der Waals surface area contributed by atoms with Crippen molar-refractivity contribution in [2.75, 3.05) is 27.2 Å². The minimum absolute atomic E-state index is 0.0870. The summed E-state index contributed by atoms with van der Waals surface area (Å²) in [5, 5.41) is 18.7. The van der Waals surface area contributed by atoms with Crippen LogP contribution in [-0.2, 0) is 0 Å². The maximum Gasteiger partial charge on any atom is 0.314 e. The zero-order valence-corrected chi connectivity index (χ0v) is 8.26. The van der Waals surface area contributed by atoms with Crippen molar-refractivity contribution in [3.63, 3.8) is 0 Å². The minimum Gasteiger partial charge on any atom is -0.389 e. The summed E-state index contributed by atoms with van der Waals surface area (Å²) in [7, 11) is 2.95. The van der Waals surface area contributed by atoms with Crippen LogP contribution in [0.25, 0.3) is 0 Å². The third-order valence-corrected chi connectivity index (χ3v) is 1.45. The highest BCUT2D eigenvalue weighted by atomic mass is 16.3. The van der Waals surface area contributed by atoms with E-state index in [9.17, 15) is 14.7 Å². The molecule has 14 heavy (non-hydrogen) atoms. The van der Waals surface area contributed by atoms with Crippen LogP contribution in [0.5, 0.6) is 0 Å². The van der Waals surface area contributed by atoms with E-state index in [2.05, 4.69) is 21.3 Å². The van der Waals surface area contributed by atoms with Crippen LogP contribution in [0.4, 0.5) is 9.59 Å². The van der Waals surface area contributed by atoms with Crippen LogP contribution in [0, 0.1) is 0 Å². The van der Waals surface area contributed by atoms with Gasteiger partial charge in [-0.3, -0.25) is 0 Å². The monoisotopic (exact) mass is 204 g/mol. The Hall–Kier alpha value is -1.50. The van der Waals surface area contributed by atoms with Crippen molar-refractivity contribution in [2.24, 2.45) is 0 Å². The highest BCUT2D eigenvalue weighted by molar-refractivity contribution is 5.74. The van der Waals surface area contributed by atoms with E-state index in [1.165, 1.54) is 14.1 Å². The Morgan fingerprint density at radius 3 is 1.71 bits per heavy atom. The average Bonchev–Trinajstić information content (AvgIpc) is 2.22. The van der Waals surface area contributed by atoms with Gasteiger partial charge in [-0.05, 0) is 0 Å². The summed E-state index contributed by atoms with van der Waals surface area (Å²) in [6.07, 6.45) is -0.801. The molecule has 0 aliphatic carbocycles. The molecule has 0 aromatic rings. The lowest BCUT2D eigenvalue weighted by Gasteiger charge is -2.12. The first kappa shape index (κ1) is 12.5. The quantitative estimate of drug-likeness (QED) is 0.373. The van der Waals surface area contributed by atoms with Crippen LogP contribution in [-0.4, -0.2) is 50.5 Å². The normalized spacial score (nSPS) is 9.43. The number of hydrogen-bond acceptors (Lipinski definition) is 3. The van der Waals surface area contributed by atoms with E-state index in [-0.39, 0.29) is 25.2 Å². The van der Waals surface area contributed by atoms with Crippen LogP contribution in [0.3, 0.4) is 0 Å². The molecule has 5 N–H and O–H groups in total. The molecule has 0 unspecified atom stereocenters. The van der Waals surface area contributed by atoms with Gasteiger partial charge in [0, 0.05) is 27.2 Å². The number of hydrogen-bond donors (Lipinski definition) is 5. The average molecular weight is 204 g/mol. The van der Waals surface area contributed by atoms with Crippen molar-refractivity contribution in [1.29, 1.82) is 0 Å². The lowest BCUT2D eigenvalue weighted by atomic mass is 10.3. The molecule has 0 atom stereocenters.